The first-order chi connectivity index (χ1) is 43.7. The largest absolute Gasteiger partial charge is 0.476 e. The third-order valence-corrected chi connectivity index (χ3v) is 22.8. The molecule has 0 atom stereocenters. The number of amides is 2. The lowest BCUT2D eigenvalue weighted by atomic mass is 9.98. The lowest BCUT2D eigenvalue weighted by Gasteiger charge is -2.34. The highest BCUT2D eigenvalue weighted by molar-refractivity contribution is 9.09. The highest BCUT2D eigenvalue weighted by Crippen LogP contribution is 2.45. The number of aliphatic hydroxyl groups is 1. The molecule has 6 heterocycles. The quantitative estimate of drug-likeness (QED) is 0.0655. The standard InChI is InChI=1S/2C26H39N5O7S.C5H9BrO.C4H7BrO2/c2*1-20(32)37-26(7-8-26)9-16-39(34,35)31-14-12-29(13-15-31)22-17-28-23(18-27-22)36-19-21-3-10-30(11-4-21)24(33)38-25(2)5-6-25;6-4-3-5(7)1-2-5;1-7-4(6)2-3-5/h2*17-18,21H,3-16,19H2,1-2H3;7H,1-4H2;2-3H2,1H3. The topological polar surface area (TPSA) is 309 Å². The second kappa shape index (κ2) is 32.2. The maximum atomic E-state index is 12.8. The molecule has 2 amide bonds. The summed E-state index contributed by atoms with van der Waals surface area (Å²) in [5.74, 6) is 2.01. The first kappa shape index (κ1) is 72.9. The Hall–Kier alpha value is -4.95. The lowest BCUT2D eigenvalue weighted by molar-refractivity contribution is -0.149. The third kappa shape index (κ3) is 23.2. The molecule has 0 bridgehead atoms. The molecular weight excluding hydrogens is 1370 g/mol. The maximum Gasteiger partial charge on any atom is 0.410 e. The lowest BCUT2D eigenvalue weighted by Crippen LogP contribution is -2.49. The van der Waals surface area contributed by atoms with Crippen molar-refractivity contribution < 1.29 is 79.1 Å². The number of piperazine rings is 2. The van der Waals surface area contributed by atoms with Gasteiger partial charge < -0.3 is 57.9 Å². The van der Waals surface area contributed by atoms with Gasteiger partial charge in [-0.3, -0.25) is 14.4 Å². The number of carbonyl (C=O) groups is 5. The maximum absolute atomic E-state index is 12.8. The Bertz CT molecular complexity index is 2820. The molecule has 2 aromatic rings. The normalized spacial score (nSPS) is 21.8. The van der Waals surface area contributed by atoms with E-state index >= 15 is 0 Å². The number of likely N-dealkylation sites (tertiary alicyclic amines) is 2. The van der Waals surface area contributed by atoms with E-state index in [0.717, 1.165) is 102 Å². The summed E-state index contributed by atoms with van der Waals surface area (Å²) in [6.07, 6.45) is 20.3. The van der Waals surface area contributed by atoms with E-state index in [0.29, 0.717) is 152 Å². The van der Waals surface area contributed by atoms with Crippen molar-refractivity contribution in [3.05, 3.63) is 24.8 Å². The van der Waals surface area contributed by atoms with Crippen LogP contribution < -0.4 is 19.3 Å². The number of rotatable bonds is 24. The van der Waals surface area contributed by atoms with Gasteiger partial charge in [0, 0.05) is 116 Å². The number of carbonyl (C=O) groups excluding carboxylic acids is 5. The van der Waals surface area contributed by atoms with Crippen molar-refractivity contribution in [1.82, 2.24) is 38.3 Å². The summed E-state index contributed by atoms with van der Waals surface area (Å²) in [5, 5.41) is 10.7. The molecular formula is C61H94Br2N10O17S2. The van der Waals surface area contributed by atoms with Crippen molar-refractivity contribution in [2.45, 2.75) is 171 Å². The first-order valence-corrected chi connectivity index (χ1v) is 37.8. The summed E-state index contributed by atoms with van der Waals surface area (Å²) in [5.41, 5.74) is -1.91. The van der Waals surface area contributed by atoms with E-state index in [4.69, 9.17) is 33.5 Å². The Labute approximate surface area is 558 Å². The van der Waals surface area contributed by atoms with Crippen molar-refractivity contribution in [3.8, 4) is 11.8 Å². The number of piperidine rings is 2. The minimum atomic E-state index is -3.43. The zero-order valence-electron chi connectivity index (χ0n) is 53.9. The van der Waals surface area contributed by atoms with Crippen LogP contribution in [0.1, 0.15) is 143 Å². The average Bonchev–Trinajstić information content (AvgIpc) is 0.986. The molecule has 5 aliphatic carbocycles. The molecule has 5 saturated carbocycles. The van der Waals surface area contributed by atoms with E-state index in [1.807, 2.05) is 23.6 Å². The molecule has 516 valence electrons. The number of halogens is 2. The van der Waals surface area contributed by atoms with Crippen LogP contribution in [0.3, 0.4) is 0 Å². The minimum absolute atomic E-state index is 0.0192. The summed E-state index contributed by atoms with van der Waals surface area (Å²) in [6, 6.07) is 0. The number of anilines is 2. The summed E-state index contributed by atoms with van der Waals surface area (Å²) in [4.78, 5) is 82.6. The van der Waals surface area contributed by atoms with E-state index in [9.17, 15) is 40.8 Å². The number of methoxy groups -OCH3 is 1. The number of ether oxygens (including phenoxy) is 7. The van der Waals surface area contributed by atoms with E-state index < -0.39 is 31.2 Å². The smallest absolute Gasteiger partial charge is 0.410 e. The molecule has 27 nitrogen and oxygen atoms in total. The van der Waals surface area contributed by atoms with Crippen molar-refractivity contribution >= 4 is 93.6 Å². The molecule has 9 aliphatic rings. The van der Waals surface area contributed by atoms with Crippen LogP contribution in [-0.2, 0) is 58.1 Å². The van der Waals surface area contributed by atoms with Crippen LogP contribution in [0, 0.1) is 11.8 Å². The van der Waals surface area contributed by atoms with Gasteiger partial charge in [-0.1, -0.05) is 31.9 Å². The number of aromatic nitrogens is 4. The number of alkyl halides is 2. The van der Waals surface area contributed by atoms with Crippen LogP contribution in [0.2, 0.25) is 0 Å². The molecule has 0 unspecified atom stereocenters. The van der Waals surface area contributed by atoms with Crippen LogP contribution in [0.15, 0.2) is 24.8 Å². The van der Waals surface area contributed by atoms with Gasteiger partial charge in [-0.15, -0.1) is 0 Å². The minimum Gasteiger partial charge on any atom is -0.476 e. The number of hydrogen-bond acceptors (Lipinski definition) is 23. The van der Waals surface area contributed by atoms with Gasteiger partial charge in [0.05, 0.1) is 68.6 Å². The van der Waals surface area contributed by atoms with Gasteiger partial charge in [0.1, 0.15) is 34.0 Å². The first-order valence-electron chi connectivity index (χ1n) is 32.3. The summed E-state index contributed by atoms with van der Waals surface area (Å²) in [7, 11) is -5.47. The average molecular weight is 1460 g/mol. The fraction of sp³-hybridized carbons (Fsp3) is 0.787. The predicted molar refractivity (Wildman–Crippen MR) is 347 cm³/mol. The molecule has 0 aromatic carbocycles. The Morgan fingerprint density at radius 1 is 0.522 bits per heavy atom. The van der Waals surface area contributed by atoms with Gasteiger partial charge in [0.25, 0.3) is 0 Å². The molecule has 2 aromatic heterocycles. The van der Waals surface area contributed by atoms with Crippen molar-refractivity contribution in [2.75, 3.05) is 131 Å². The molecule has 9 fully saturated rings. The second-order valence-corrected chi connectivity index (χ2v) is 31.9. The second-order valence-electron chi connectivity index (χ2n) is 26.2. The van der Waals surface area contributed by atoms with E-state index in [2.05, 4.69) is 56.5 Å². The van der Waals surface area contributed by atoms with Gasteiger partial charge in [0.2, 0.25) is 31.8 Å². The van der Waals surface area contributed by atoms with Crippen LogP contribution >= 0.6 is 31.9 Å². The fourth-order valence-corrected chi connectivity index (χ4v) is 15.2. The molecule has 0 radical (unpaired) electrons. The number of hydrogen-bond donors (Lipinski definition) is 1. The molecule has 0 spiro atoms. The molecule has 31 heteroatoms. The molecule has 4 aliphatic heterocycles. The predicted octanol–water partition coefficient (Wildman–Crippen LogP) is 6.63. The number of nitrogens with zero attached hydrogens (tertiary/aromatic N) is 10. The van der Waals surface area contributed by atoms with Crippen LogP contribution in [0.5, 0.6) is 11.8 Å². The number of sulfonamides is 2. The van der Waals surface area contributed by atoms with Gasteiger partial charge in [0.15, 0.2) is 0 Å². The van der Waals surface area contributed by atoms with E-state index in [-0.39, 0.29) is 58.4 Å². The molecule has 4 saturated heterocycles. The van der Waals surface area contributed by atoms with E-state index in [1.54, 1.807) is 34.6 Å². The Morgan fingerprint density at radius 2 is 0.902 bits per heavy atom. The summed E-state index contributed by atoms with van der Waals surface area (Å²) in [6.45, 7) is 13.9. The van der Waals surface area contributed by atoms with Crippen LogP contribution in [0.25, 0.3) is 0 Å². The van der Waals surface area contributed by atoms with Crippen LogP contribution in [-0.4, -0.2) is 239 Å². The van der Waals surface area contributed by atoms with Crippen molar-refractivity contribution in [2.24, 2.45) is 11.8 Å². The van der Waals surface area contributed by atoms with Gasteiger partial charge in [-0.05, 0) is 122 Å². The van der Waals surface area contributed by atoms with Gasteiger partial charge in [-0.25, -0.2) is 46.4 Å². The van der Waals surface area contributed by atoms with Crippen molar-refractivity contribution in [1.29, 1.82) is 0 Å². The zero-order chi connectivity index (χ0) is 66.4. The fourth-order valence-electron chi connectivity index (χ4n) is 10.9. The SMILES string of the molecule is CC(=O)OC1(CCS(=O)(=O)N2CCN(c3cnc(OCC4CCN(C(=O)OC5(C)CC5)CC4)cn3)CC2)CC1.CC(=O)OC1(CCS(=O)(=O)N2CCN(c3cnc(OCC4CCN(C(=O)OC5(C)CC5)CC4)cn3)CC2)CC1.COC(=O)CCBr.OC1(CCBr)CC1. The molecule has 92 heavy (non-hydrogen) atoms. The summed E-state index contributed by atoms with van der Waals surface area (Å²) < 4.78 is 92.2. The monoisotopic (exact) mass is 1460 g/mol. The highest BCUT2D eigenvalue weighted by atomic mass is 79.9. The Morgan fingerprint density at radius 3 is 1.16 bits per heavy atom. The molecule has 1 N–H and O–H groups in total. The Balaban J connectivity index is 0.000000195. The van der Waals surface area contributed by atoms with Crippen LogP contribution in [0.4, 0.5) is 21.2 Å². The highest BCUT2D eigenvalue weighted by Gasteiger charge is 2.49. The zero-order valence-corrected chi connectivity index (χ0v) is 58.7. The van der Waals surface area contributed by atoms with Gasteiger partial charge >= 0.3 is 30.1 Å². The Kier molecular flexibility index (Phi) is 25.5. The molecule has 11 rings (SSSR count). The van der Waals surface area contributed by atoms with E-state index in [1.165, 1.54) is 29.6 Å². The number of esters is 3. The summed E-state index contributed by atoms with van der Waals surface area (Å²) >= 11 is 6.36. The van der Waals surface area contributed by atoms with Crippen molar-refractivity contribution in [3.63, 3.8) is 0 Å². The third-order valence-electron chi connectivity index (χ3n) is 18.3. The van der Waals surface area contributed by atoms with Gasteiger partial charge in [-0.2, -0.15) is 8.61 Å².